The molecule has 0 heterocycles. The van der Waals surface area contributed by atoms with Gasteiger partial charge in [-0.15, -0.1) is 12.3 Å². The largest absolute Gasteiger partial charge is 0.316 e. The Kier molecular flexibility index (Phi) is 4.93. The molecule has 74 valence electrons. The second kappa shape index (κ2) is 6.05. The van der Waals surface area contributed by atoms with E-state index in [2.05, 4.69) is 18.2 Å². The van der Waals surface area contributed by atoms with Gasteiger partial charge >= 0.3 is 0 Å². The maximum absolute atomic E-state index is 5.18. The van der Waals surface area contributed by atoms with Crippen LogP contribution < -0.4 is 5.32 Å². The van der Waals surface area contributed by atoms with E-state index in [0.717, 1.165) is 31.2 Å². The molecule has 0 aliphatic heterocycles. The third-order valence-corrected chi connectivity index (χ3v) is 3.12. The van der Waals surface area contributed by atoms with Crippen LogP contribution in [0.2, 0.25) is 0 Å². The number of rotatable bonds is 5. The van der Waals surface area contributed by atoms with Crippen LogP contribution in [0.5, 0.6) is 0 Å². The topological polar surface area (TPSA) is 12.0 Å². The van der Waals surface area contributed by atoms with E-state index in [1.165, 1.54) is 25.8 Å². The molecule has 1 saturated carbocycles. The average Bonchev–Trinajstić information content (AvgIpc) is 2.52. The number of terminal acetylenes is 1. The minimum atomic E-state index is 0.910. The molecule has 0 spiro atoms. The highest BCUT2D eigenvalue weighted by molar-refractivity contribution is 4.83. The molecule has 1 N–H and O–H groups in total. The molecule has 0 saturated heterocycles. The highest BCUT2D eigenvalue weighted by atomic mass is 14.9. The van der Waals surface area contributed by atoms with E-state index in [4.69, 9.17) is 6.42 Å². The van der Waals surface area contributed by atoms with E-state index in [9.17, 15) is 0 Å². The summed E-state index contributed by atoms with van der Waals surface area (Å²) < 4.78 is 0. The molecule has 13 heavy (non-hydrogen) atoms. The van der Waals surface area contributed by atoms with Crippen LogP contribution in [0.3, 0.4) is 0 Å². The first-order valence-electron chi connectivity index (χ1n) is 5.48. The normalized spacial score (nSPS) is 27.4. The Hall–Kier alpha value is -0.480. The van der Waals surface area contributed by atoms with Crippen LogP contribution in [0.1, 0.15) is 39.0 Å². The lowest BCUT2D eigenvalue weighted by Crippen LogP contribution is -2.25. The number of hydrogen-bond acceptors (Lipinski definition) is 1. The molecule has 0 aromatic heterocycles. The van der Waals surface area contributed by atoms with E-state index >= 15 is 0 Å². The van der Waals surface area contributed by atoms with Gasteiger partial charge in [0, 0.05) is 6.42 Å². The van der Waals surface area contributed by atoms with Crippen LogP contribution in [-0.2, 0) is 0 Å². The second-order valence-corrected chi connectivity index (χ2v) is 4.18. The Morgan fingerprint density at radius 3 is 2.92 bits per heavy atom. The van der Waals surface area contributed by atoms with Gasteiger partial charge in [0.05, 0.1) is 0 Å². The third kappa shape index (κ3) is 3.83. The zero-order valence-electron chi connectivity index (χ0n) is 8.68. The van der Waals surface area contributed by atoms with Gasteiger partial charge in [-0.2, -0.15) is 0 Å². The van der Waals surface area contributed by atoms with E-state index in [1.807, 2.05) is 0 Å². The highest BCUT2D eigenvalue weighted by Gasteiger charge is 2.22. The van der Waals surface area contributed by atoms with E-state index in [-0.39, 0.29) is 0 Å². The van der Waals surface area contributed by atoms with E-state index in [0.29, 0.717) is 0 Å². The molecule has 0 aromatic carbocycles. The van der Waals surface area contributed by atoms with Crippen molar-refractivity contribution in [2.75, 3.05) is 13.1 Å². The van der Waals surface area contributed by atoms with Gasteiger partial charge in [0.15, 0.2) is 0 Å². The summed E-state index contributed by atoms with van der Waals surface area (Å²) in [6.07, 6.45) is 11.5. The lowest BCUT2D eigenvalue weighted by molar-refractivity contribution is 0.392. The minimum Gasteiger partial charge on any atom is -0.316 e. The summed E-state index contributed by atoms with van der Waals surface area (Å²) in [5, 5.41) is 3.50. The molecule has 1 fully saturated rings. The van der Waals surface area contributed by atoms with E-state index in [1.54, 1.807) is 0 Å². The first kappa shape index (κ1) is 10.6. The summed E-state index contributed by atoms with van der Waals surface area (Å²) in [4.78, 5) is 0. The van der Waals surface area contributed by atoms with Crippen molar-refractivity contribution in [2.45, 2.75) is 39.0 Å². The molecule has 1 aliphatic carbocycles. The van der Waals surface area contributed by atoms with Crippen molar-refractivity contribution in [3.05, 3.63) is 0 Å². The highest BCUT2D eigenvalue weighted by Crippen LogP contribution is 2.30. The van der Waals surface area contributed by atoms with Gasteiger partial charge < -0.3 is 5.32 Å². The fraction of sp³-hybridized carbons (Fsp3) is 0.833. The maximum Gasteiger partial charge on any atom is 0.00981 e. The molecule has 2 unspecified atom stereocenters. The maximum atomic E-state index is 5.18. The van der Waals surface area contributed by atoms with Crippen molar-refractivity contribution in [3.63, 3.8) is 0 Å². The summed E-state index contributed by atoms with van der Waals surface area (Å²) in [5.41, 5.74) is 0. The summed E-state index contributed by atoms with van der Waals surface area (Å²) in [7, 11) is 0. The number of unbranched alkanes of at least 4 members (excludes halogenated alkanes) is 1. The van der Waals surface area contributed by atoms with E-state index < -0.39 is 0 Å². The summed E-state index contributed by atoms with van der Waals surface area (Å²) in [6, 6.07) is 0. The van der Waals surface area contributed by atoms with Crippen LogP contribution in [0.15, 0.2) is 0 Å². The lowest BCUT2D eigenvalue weighted by atomic mass is 9.98. The summed E-state index contributed by atoms with van der Waals surface area (Å²) >= 11 is 0. The van der Waals surface area contributed by atoms with Crippen molar-refractivity contribution in [1.82, 2.24) is 5.32 Å². The van der Waals surface area contributed by atoms with Gasteiger partial charge in [0.1, 0.15) is 0 Å². The van der Waals surface area contributed by atoms with Crippen LogP contribution in [0, 0.1) is 24.2 Å². The average molecular weight is 179 g/mol. The van der Waals surface area contributed by atoms with Gasteiger partial charge in [-0.1, -0.05) is 19.8 Å². The molecule has 0 bridgehead atoms. The Morgan fingerprint density at radius 2 is 2.31 bits per heavy atom. The van der Waals surface area contributed by atoms with Crippen LogP contribution in [0.4, 0.5) is 0 Å². The Bertz CT molecular complexity index is 168. The van der Waals surface area contributed by atoms with Gasteiger partial charge in [0.25, 0.3) is 0 Å². The van der Waals surface area contributed by atoms with Crippen LogP contribution in [-0.4, -0.2) is 13.1 Å². The van der Waals surface area contributed by atoms with Crippen molar-refractivity contribution in [2.24, 2.45) is 11.8 Å². The molecule has 0 aromatic rings. The Balaban J connectivity index is 1.96. The third-order valence-electron chi connectivity index (χ3n) is 3.12. The fourth-order valence-corrected chi connectivity index (χ4v) is 2.13. The van der Waals surface area contributed by atoms with Gasteiger partial charge in [-0.05, 0) is 37.8 Å². The monoisotopic (exact) mass is 179 g/mol. The molecule has 2 atom stereocenters. The molecular weight excluding hydrogens is 158 g/mol. The second-order valence-electron chi connectivity index (χ2n) is 4.18. The predicted molar refractivity (Wildman–Crippen MR) is 57.4 cm³/mol. The Labute approximate surface area is 82.3 Å². The molecule has 1 heteroatoms. The molecular formula is C12H21N. The van der Waals surface area contributed by atoms with Crippen molar-refractivity contribution in [3.8, 4) is 12.3 Å². The van der Waals surface area contributed by atoms with Gasteiger partial charge in [0.2, 0.25) is 0 Å². The van der Waals surface area contributed by atoms with Crippen molar-refractivity contribution >= 4 is 0 Å². The fourth-order valence-electron chi connectivity index (χ4n) is 2.13. The minimum absolute atomic E-state index is 0.910. The molecule has 1 rings (SSSR count). The van der Waals surface area contributed by atoms with Crippen molar-refractivity contribution < 1.29 is 0 Å². The van der Waals surface area contributed by atoms with Crippen LogP contribution in [0.25, 0.3) is 0 Å². The first-order valence-corrected chi connectivity index (χ1v) is 5.48. The van der Waals surface area contributed by atoms with Crippen molar-refractivity contribution in [1.29, 1.82) is 0 Å². The zero-order valence-corrected chi connectivity index (χ0v) is 8.68. The molecule has 0 amide bonds. The molecule has 1 nitrogen and oxygen atoms in total. The first-order chi connectivity index (χ1) is 6.34. The predicted octanol–water partition coefficient (Wildman–Crippen LogP) is 2.43. The number of nitrogens with one attached hydrogen (secondary N) is 1. The lowest BCUT2D eigenvalue weighted by Gasteiger charge is -2.15. The smallest absolute Gasteiger partial charge is 0.00981 e. The van der Waals surface area contributed by atoms with Gasteiger partial charge in [-0.3, -0.25) is 0 Å². The quantitative estimate of drug-likeness (QED) is 0.505. The zero-order chi connectivity index (χ0) is 9.52. The Morgan fingerprint density at radius 1 is 1.46 bits per heavy atom. The van der Waals surface area contributed by atoms with Crippen LogP contribution >= 0.6 is 0 Å². The summed E-state index contributed by atoms with van der Waals surface area (Å²) in [5.74, 6) is 4.52. The summed E-state index contributed by atoms with van der Waals surface area (Å²) in [6.45, 7) is 4.67. The molecule has 1 aliphatic rings. The number of hydrogen-bond donors (Lipinski definition) is 1. The van der Waals surface area contributed by atoms with Gasteiger partial charge in [-0.25, -0.2) is 0 Å². The SMILES string of the molecule is C#CCCCNCC1CCCC1C. The molecule has 0 radical (unpaired) electrons. The standard InChI is InChI=1S/C12H21N/c1-3-4-5-9-13-10-12-8-6-7-11(12)2/h1,11-13H,4-10H2,2H3.